The number of benzene rings is 2. The summed E-state index contributed by atoms with van der Waals surface area (Å²) >= 11 is 9.34. The Hall–Kier alpha value is -1.36. The third-order valence-corrected chi connectivity index (χ3v) is 3.45. The standard InChI is InChI=1S/C14H12BrClN2O/c15-10-6-7-11(16)12(8-10)18-14(19)13(17)9-4-2-1-3-5-9/h1-8,13H,17H2,(H,18,19). The van der Waals surface area contributed by atoms with Crippen LogP contribution in [-0.4, -0.2) is 5.91 Å². The Bertz CT molecular complexity index is 589. The maximum absolute atomic E-state index is 12.1. The molecular formula is C14H12BrClN2O. The highest BCUT2D eigenvalue weighted by Crippen LogP contribution is 2.26. The van der Waals surface area contributed by atoms with Crippen molar-refractivity contribution in [1.29, 1.82) is 0 Å². The molecule has 5 heteroatoms. The Labute approximate surface area is 124 Å². The lowest BCUT2D eigenvalue weighted by atomic mass is 10.1. The van der Waals surface area contributed by atoms with Crippen molar-refractivity contribution in [1.82, 2.24) is 0 Å². The number of nitrogens with two attached hydrogens (primary N) is 1. The van der Waals surface area contributed by atoms with Crippen LogP contribution in [0.25, 0.3) is 0 Å². The normalized spacial score (nSPS) is 11.9. The van der Waals surface area contributed by atoms with Crippen LogP contribution in [0.3, 0.4) is 0 Å². The van der Waals surface area contributed by atoms with Crippen LogP contribution in [0.5, 0.6) is 0 Å². The molecule has 0 aliphatic carbocycles. The van der Waals surface area contributed by atoms with Gasteiger partial charge in [0.05, 0.1) is 10.7 Å². The molecule has 2 rings (SSSR count). The van der Waals surface area contributed by atoms with E-state index in [2.05, 4.69) is 21.2 Å². The summed E-state index contributed by atoms with van der Waals surface area (Å²) in [7, 11) is 0. The zero-order chi connectivity index (χ0) is 13.8. The summed E-state index contributed by atoms with van der Waals surface area (Å²) in [5.41, 5.74) is 7.20. The summed E-state index contributed by atoms with van der Waals surface area (Å²) in [4.78, 5) is 12.1. The average Bonchev–Trinajstić information content (AvgIpc) is 2.43. The van der Waals surface area contributed by atoms with E-state index >= 15 is 0 Å². The Morgan fingerprint density at radius 1 is 1.21 bits per heavy atom. The molecule has 0 heterocycles. The van der Waals surface area contributed by atoms with Crippen molar-refractivity contribution in [2.75, 3.05) is 5.32 Å². The van der Waals surface area contributed by atoms with Gasteiger partial charge in [0, 0.05) is 4.47 Å². The fraction of sp³-hybridized carbons (Fsp3) is 0.0714. The number of amides is 1. The zero-order valence-corrected chi connectivity index (χ0v) is 12.3. The van der Waals surface area contributed by atoms with Gasteiger partial charge < -0.3 is 11.1 Å². The van der Waals surface area contributed by atoms with E-state index in [1.54, 1.807) is 18.2 Å². The van der Waals surface area contributed by atoms with Crippen molar-refractivity contribution >= 4 is 39.1 Å². The first-order valence-electron chi connectivity index (χ1n) is 5.64. The Kier molecular flexibility index (Phi) is 4.58. The van der Waals surface area contributed by atoms with Gasteiger partial charge in [0.15, 0.2) is 0 Å². The van der Waals surface area contributed by atoms with Crippen molar-refractivity contribution in [2.45, 2.75) is 6.04 Å². The quantitative estimate of drug-likeness (QED) is 0.895. The van der Waals surface area contributed by atoms with Gasteiger partial charge in [0.2, 0.25) is 5.91 Å². The monoisotopic (exact) mass is 338 g/mol. The summed E-state index contributed by atoms with van der Waals surface area (Å²) in [5.74, 6) is -0.300. The lowest BCUT2D eigenvalue weighted by Gasteiger charge is -2.13. The van der Waals surface area contributed by atoms with Gasteiger partial charge in [-0.2, -0.15) is 0 Å². The summed E-state index contributed by atoms with van der Waals surface area (Å²) < 4.78 is 0.834. The van der Waals surface area contributed by atoms with E-state index in [4.69, 9.17) is 17.3 Å². The Morgan fingerprint density at radius 3 is 2.58 bits per heavy atom. The number of carbonyl (C=O) groups is 1. The van der Waals surface area contributed by atoms with Crippen molar-refractivity contribution in [3.05, 3.63) is 63.6 Å². The van der Waals surface area contributed by atoms with Gasteiger partial charge in [-0.25, -0.2) is 0 Å². The van der Waals surface area contributed by atoms with Crippen LogP contribution in [0.2, 0.25) is 5.02 Å². The zero-order valence-electron chi connectivity index (χ0n) is 9.94. The molecule has 0 fully saturated rings. The summed E-state index contributed by atoms with van der Waals surface area (Å²) in [6.45, 7) is 0. The third-order valence-electron chi connectivity index (χ3n) is 2.63. The van der Waals surface area contributed by atoms with Crippen molar-refractivity contribution in [2.24, 2.45) is 5.73 Å². The van der Waals surface area contributed by atoms with E-state index in [0.717, 1.165) is 10.0 Å². The maximum Gasteiger partial charge on any atom is 0.245 e. The average molecular weight is 340 g/mol. The molecule has 0 aliphatic rings. The predicted molar refractivity (Wildman–Crippen MR) is 81.2 cm³/mol. The van der Waals surface area contributed by atoms with Gasteiger partial charge in [0.25, 0.3) is 0 Å². The van der Waals surface area contributed by atoms with E-state index in [9.17, 15) is 4.79 Å². The second kappa shape index (κ2) is 6.19. The lowest BCUT2D eigenvalue weighted by molar-refractivity contribution is -0.117. The van der Waals surface area contributed by atoms with Crippen LogP contribution in [-0.2, 0) is 4.79 Å². The van der Waals surface area contributed by atoms with E-state index in [-0.39, 0.29) is 5.91 Å². The topological polar surface area (TPSA) is 55.1 Å². The Balaban J connectivity index is 2.15. The number of nitrogens with one attached hydrogen (secondary N) is 1. The highest BCUT2D eigenvalue weighted by Gasteiger charge is 2.16. The molecule has 0 saturated heterocycles. The highest BCUT2D eigenvalue weighted by molar-refractivity contribution is 9.10. The van der Waals surface area contributed by atoms with Crippen LogP contribution in [0.1, 0.15) is 11.6 Å². The van der Waals surface area contributed by atoms with Gasteiger partial charge >= 0.3 is 0 Å². The molecule has 1 amide bonds. The summed E-state index contributed by atoms with van der Waals surface area (Å²) in [5, 5.41) is 3.19. The number of hydrogen-bond donors (Lipinski definition) is 2. The minimum Gasteiger partial charge on any atom is -0.323 e. The highest BCUT2D eigenvalue weighted by atomic mass is 79.9. The van der Waals surface area contributed by atoms with E-state index < -0.39 is 6.04 Å². The number of anilines is 1. The molecule has 1 atom stereocenters. The molecule has 1 unspecified atom stereocenters. The van der Waals surface area contributed by atoms with Crippen molar-refractivity contribution in [3.8, 4) is 0 Å². The van der Waals surface area contributed by atoms with Crippen LogP contribution in [0.15, 0.2) is 53.0 Å². The molecule has 0 spiro atoms. The second-order valence-electron chi connectivity index (χ2n) is 4.00. The number of rotatable bonds is 3. The van der Waals surface area contributed by atoms with E-state index in [0.29, 0.717) is 10.7 Å². The van der Waals surface area contributed by atoms with Crippen LogP contribution >= 0.6 is 27.5 Å². The molecule has 98 valence electrons. The van der Waals surface area contributed by atoms with Gasteiger partial charge in [-0.15, -0.1) is 0 Å². The fourth-order valence-corrected chi connectivity index (χ4v) is 2.14. The maximum atomic E-state index is 12.1. The second-order valence-corrected chi connectivity index (χ2v) is 5.32. The molecule has 0 radical (unpaired) electrons. The van der Waals surface area contributed by atoms with Crippen LogP contribution in [0, 0.1) is 0 Å². The van der Waals surface area contributed by atoms with E-state index in [1.807, 2.05) is 30.3 Å². The molecule has 0 aromatic heterocycles. The largest absolute Gasteiger partial charge is 0.323 e. The molecule has 0 bridgehead atoms. The van der Waals surface area contributed by atoms with E-state index in [1.165, 1.54) is 0 Å². The summed E-state index contributed by atoms with van der Waals surface area (Å²) in [6, 6.07) is 13.7. The van der Waals surface area contributed by atoms with Crippen LogP contribution < -0.4 is 11.1 Å². The molecule has 3 nitrogen and oxygen atoms in total. The number of carbonyl (C=O) groups excluding carboxylic acids is 1. The SMILES string of the molecule is NC(C(=O)Nc1cc(Br)ccc1Cl)c1ccccc1. The van der Waals surface area contributed by atoms with Crippen molar-refractivity contribution in [3.63, 3.8) is 0 Å². The first kappa shape index (κ1) is 14.1. The predicted octanol–water partition coefficient (Wildman–Crippen LogP) is 3.74. The summed E-state index contributed by atoms with van der Waals surface area (Å²) in [6.07, 6.45) is 0. The minimum absolute atomic E-state index is 0.300. The minimum atomic E-state index is -0.726. The van der Waals surface area contributed by atoms with Crippen molar-refractivity contribution < 1.29 is 4.79 Å². The number of halogens is 2. The van der Waals surface area contributed by atoms with Gasteiger partial charge in [-0.1, -0.05) is 57.9 Å². The third kappa shape index (κ3) is 3.56. The van der Waals surface area contributed by atoms with Gasteiger partial charge in [0.1, 0.15) is 6.04 Å². The molecule has 19 heavy (non-hydrogen) atoms. The lowest BCUT2D eigenvalue weighted by Crippen LogP contribution is -2.27. The molecule has 3 N–H and O–H groups in total. The number of hydrogen-bond acceptors (Lipinski definition) is 2. The molecule has 2 aromatic rings. The van der Waals surface area contributed by atoms with Gasteiger partial charge in [-0.3, -0.25) is 4.79 Å². The molecule has 0 saturated carbocycles. The first-order valence-corrected chi connectivity index (χ1v) is 6.81. The van der Waals surface area contributed by atoms with Gasteiger partial charge in [-0.05, 0) is 23.8 Å². The molecular weight excluding hydrogens is 328 g/mol. The smallest absolute Gasteiger partial charge is 0.245 e. The fourth-order valence-electron chi connectivity index (χ4n) is 1.62. The first-order chi connectivity index (χ1) is 9.08. The Morgan fingerprint density at radius 2 is 1.89 bits per heavy atom. The van der Waals surface area contributed by atoms with Crippen LogP contribution in [0.4, 0.5) is 5.69 Å². The molecule has 0 aliphatic heterocycles. The molecule has 2 aromatic carbocycles.